The number of rotatable bonds is 9. The van der Waals surface area contributed by atoms with Gasteiger partial charge in [0.25, 0.3) is 17.1 Å². The van der Waals surface area contributed by atoms with Crippen LogP contribution in [0, 0.1) is 30.3 Å². The summed E-state index contributed by atoms with van der Waals surface area (Å²) in [6.45, 7) is -4.00. The normalized spacial score (nSPS) is 15.6. The predicted molar refractivity (Wildman–Crippen MR) is 185 cm³/mol. The first-order valence-corrected chi connectivity index (χ1v) is 19.9. The zero-order valence-electron chi connectivity index (χ0n) is 26.5. The van der Waals surface area contributed by atoms with Crippen LogP contribution in [0.5, 0.6) is 0 Å². The van der Waals surface area contributed by atoms with Crippen LogP contribution >= 0.6 is 15.9 Å². The van der Waals surface area contributed by atoms with E-state index in [2.05, 4.69) is 20.9 Å². The lowest BCUT2D eigenvalue weighted by atomic mass is 10.3. The maximum absolute atomic E-state index is 14.2. The lowest BCUT2D eigenvalue weighted by molar-refractivity contribution is -0.388. The summed E-state index contributed by atoms with van der Waals surface area (Å²) >= 11 is 3.30. The van der Waals surface area contributed by atoms with Gasteiger partial charge in [0.1, 0.15) is 0 Å². The van der Waals surface area contributed by atoms with Crippen molar-refractivity contribution >= 4 is 63.1 Å². The summed E-state index contributed by atoms with van der Waals surface area (Å²) in [5.41, 5.74) is -2.29. The van der Waals surface area contributed by atoms with E-state index < -0.39 is 116 Å². The van der Waals surface area contributed by atoms with Gasteiger partial charge < -0.3 is 0 Å². The van der Waals surface area contributed by atoms with Gasteiger partial charge in [0.2, 0.25) is 30.1 Å². The average Bonchev–Trinajstić information content (AvgIpc) is 3.09. The molecule has 3 aromatic carbocycles. The first kappa shape index (κ1) is 38.5. The molecule has 0 amide bonds. The minimum absolute atomic E-state index is 0.0169. The van der Waals surface area contributed by atoms with Gasteiger partial charge in [-0.1, -0.05) is 52.3 Å². The number of nitro benzene ring substituents is 3. The van der Waals surface area contributed by atoms with Crippen molar-refractivity contribution in [3.8, 4) is 0 Å². The van der Waals surface area contributed by atoms with Crippen LogP contribution in [0.2, 0.25) is 0 Å². The highest BCUT2D eigenvalue weighted by atomic mass is 79.9. The number of halogens is 1. The van der Waals surface area contributed by atoms with Gasteiger partial charge >= 0.3 is 0 Å². The molecule has 0 saturated heterocycles. The molecule has 52 heavy (non-hydrogen) atoms. The molecule has 1 aliphatic rings. The largest absolute Gasteiger partial charge is 0.289 e. The SMILES string of the molecule is O=[N+]([O-])c1ccccc1S(=O)(=O)N1CCN(S(=O)(=O)c2ccccc2[N+](=O)[O-])Cc2cc(Br)cc(n2)CN(S(=O)(=O)c2ccccc2[N+](=O)[O-])CC1. The summed E-state index contributed by atoms with van der Waals surface area (Å²) in [7, 11) is -14.4. The van der Waals surface area contributed by atoms with Crippen LogP contribution in [0.25, 0.3) is 0 Å². The van der Waals surface area contributed by atoms with E-state index in [9.17, 15) is 55.6 Å². The van der Waals surface area contributed by atoms with Crippen molar-refractivity contribution < 1.29 is 40.0 Å². The minimum Gasteiger partial charge on any atom is -0.258 e. The maximum Gasteiger partial charge on any atom is 0.289 e. The highest BCUT2D eigenvalue weighted by Crippen LogP contribution is 2.32. The summed E-state index contributed by atoms with van der Waals surface area (Å²) in [4.78, 5) is 35.0. The van der Waals surface area contributed by atoms with Gasteiger partial charge in [-0.2, -0.15) is 12.9 Å². The summed E-state index contributed by atoms with van der Waals surface area (Å²) in [5.74, 6) is 0. The second-order valence-corrected chi connectivity index (χ2v) is 17.7. The number of para-hydroxylation sites is 3. The van der Waals surface area contributed by atoms with Crippen molar-refractivity contribution in [3.63, 3.8) is 0 Å². The third-order valence-corrected chi connectivity index (χ3v) is 14.0. The average molecular weight is 841 g/mol. The molecular formula is C29H26BrN7O12S3. The molecule has 1 aliphatic heterocycles. The number of hydrogen-bond donors (Lipinski definition) is 0. The van der Waals surface area contributed by atoms with Gasteiger partial charge in [-0.3, -0.25) is 35.3 Å². The molecule has 2 bridgehead atoms. The fourth-order valence-corrected chi connectivity index (χ4v) is 10.6. The number of nitro groups is 3. The second kappa shape index (κ2) is 15.1. The number of hydrogen-bond acceptors (Lipinski definition) is 13. The van der Waals surface area contributed by atoms with Crippen molar-refractivity contribution in [1.29, 1.82) is 0 Å². The Hall–Kier alpha value is -4.78. The Kier molecular flexibility index (Phi) is 11.1. The van der Waals surface area contributed by atoms with Crippen LogP contribution in [0.4, 0.5) is 17.1 Å². The zero-order chi connectivity index (χ0) is 38.0. The molecule has 274 valence electrons. The fraction of sp³-hybridized carbons (Fsp3) is 0.207. The third kappa shape index (κ3) is 7.84. The lowest BCUT2D eigenvalue weighted by Crippen LogP contribution is -2.45. The number of sulfonamides is 3. The molecule has 0 saturated carbocycles. The summed E-state index contributed by atoms with van der Waals surface area (Å²) in [6.07, 6.45) is 0. The van der Waals surface area contributed by atoms with Gasteiger partial charge in [0.05, 0.1) is 39.2 Å². The zero-order valence-corrected chi connectivity index (χ0v) is 30.5. The molecule has 0 fully saturated rings. The van der Waals surface area contributed by atoms with Gasteiger partial charge in [-0.25, -0.2) is 25.3 Å². The Morgan fingerprint density at radius 1 is 0.519 bits per heavy atom. The fourth-order valence-electron chi connectivity index (χ4n) is 5.39. The van der Waals surface area contributed by atoms with Crippen molar-refractivity contribution in [1.82, 2.24) is 17.9 Å². The topological polar surface area (TPSA) is 254 Å². The predicted octanol–water partition coefficient (Wildman–Crippen LogP) is 3.66. The molecule has 0 atom stereocenters. The van der Waals surface area contributed by atoms with Crippen LogP contribution < -0.4 is 0 Å². The number of pyridine rings is 1. The van der Waals surface area contributed by atoms with Gasteiger partial charge in [-0.15, -0.1) is 0 Å². The Bertz CT molecular complexity index is 2300. The van der Waals surface area contributed by atoms with E-state index in [-0.39, 0.29) is 11.4 Å². The quantitative estimate of drug-likeness (QED) is 0.173. The molecule has 19 nitrogen and oxygen atoms in total. The van der Waals surface area contributed by atoms with Crippen LogP contribution in [0.1, 0.15) is 11.4 Å². The molecule has 0 radical (unpaired) electrons. The van der Waals surface area contributed by atoms with Crippen molar-refractivity contribution in [2.45, 2.75) is 27.8 Å². The van der Waals surface area contributed by atoms with E-state index in [1.54, 1.807) is 0 Å². The maximum atomic E-state index is 14.2. The standard InChI is InChI=1S/C29H26BrN7O12S3/c30-21-17-22-19-33(51(46,47)28-11-5-2-8-25(28)36(40)41)15-13-32(50(44,45)27-10-4-1-7-24(27)35(38)39)14-16-34(20-23(18-21)31-22)52(48,49)29-12-6-3-9-26(29)37(42)43/h1-12,17-18H,13-16,19-20H2. The molecule has 0 aliphatic carbocycles. The molecule has 0 spiro atoms. The molecule has 4 aromatic rings. The van der Waals surface area contributed by atoms with E-state index in [1.807, 2.05) is 0 Å². The van der Waals surface area contributed by atoms with E-state index >= 15 is 0 Å². The van der Waals surface area contributed by atoms with Crippen LogP contribution in [0.15, 0.2) is 104 Å². The van der Waals surface area contributed by atoms with E-state index in [4.69, 9.17) is 0 Å². The van der Waals surface area contributed by atoms with Gasteiger partial charge in [-0.05, 0) is 30.3 Å². The van der Waals surface area contributed by atoms with E-state index in [0.717, 1.165) is 45.0 Å². The Morgan fingerprint density at radius 3 is 1.13 bits per heavy atom. The van der Waals surface area contributed by atoms with Crippen molar-refractivity contribution in [2.75, 3.05) is 26.2 Å². The van der Waals surface area contributed by atoms with Crippen LogP contribution in [0.3, 0.4) is 0 Å². The van der Waals surface area contributed by atoms with Gasteiger partial charge in [0, 0.05) is 48.9 Å². The van der Waals surface area contributed by atoms with Crippen LogP contribution in [-0.4, -0.2) is 84.1 Å². The summed E-state index contributed by atoms with van der Waals surface area (Å²) in [6, 6.07) is 16.2. The molecule has 2 heterocycles. The Balaban J connectivity index is 1.70. The lowest BCUT2D eigenvalue weighted by Gasteiger charge is -2.30. The molecule has 1 aromatic heterocycles. The number of aromatic nitrogens is 1. The minimum atomic E-state index is -4.90. The van der Waals surface area contributed by atoms with Crippen molar-refractivity contribution in [3.05, 3.63) is 131 Å². The molecule has 0 N–H and O–H groups in total. The highest BCUT2D eigenvalue weighted by molar-refractivity contribution is 9.10. The summed E-state index contributed by atoms with van der Waals surface area (Å²) < 4.78 is 87.2. The first-order chi connectivity index (χ1) is 24.4. The third-order valence-electron chi connectivity index (χ3n) is 7.81. The highest BCUT2D eigenvalue weighted by Gasteiger charge is 2.38. The van der Waals surface area contributed by atoms with Crippen LogP contribution in [-0.2, 0) is 43.2 Å². The summed E-state index contributed by atoms with van der Waals surface area (Å²) in [5, 5.41) is 35.5. The van der Waals surface area contributed by atoms with Gasteiger partial charge in [0.15, 0.2) is 14.7 Å². The van der Waals surface area contributed by atoms with E-state index in [0.29, 0.717) is 8.78 Å². The molecular weight excluding hydrogens is 814 g/mol. The monoisotopic (exact) mass is 839 g/mol. The Labute approximate surface area is 304 Å². The smallest absolute Gasteiger partial charge is 0.258 e. The molecule has 23 heteroatoms. The first-order valence-electron chi connectivity index (χ1n) is 14.8. The molecule has 0 unspecified atom stereocenters. The number of fused-ring (bicyclic) bond motifs is 2. The molecule has 5 rings (SSSR count). The Morgan fingerprint density at radius 2 is 0.808 bits per heavy atom. The number of benzene rings is 3. The second-order valence-electron chi connectivity index (χ2n) is 11.0. The van der Waals surface area contributed by atoms with E-state index in [1.165, 1.54) is 48.5 Å². The van der Waals surface area contributed by atoms with Crippen molar-refractivity contribution in [2.24, 2.45) is 0 Å². The number of nitrogens with zero attached hydrogens (tertiary/aromatic N) is 7.